The summed E-state index contributed by atoms with van der Waals surface area (Å²) in [5.74, 6) is 0.595. The molecule has 0 aliphatic carbocycles. The molecule has 0 unspecified atom stereocenters. The third-order valence-corrected chi connectivity index (χ3v) is 4.59. The minimum Gasteiger partial charge on any atom is -0.538 e. The number of benzene rings is 1. The summed E-state index contributed by atoms with van der Waals surface area (Å²) in [7, 11) is -3.79. The average molecular weight is 269 g/mol. The molecule has 1 heterocycles. The normalized spacial score (nSPS) is 17.3. The molecular weight excluding hydrogens is 253 g/mol. The first kappa shape index (κ1) is 13.4. The van der Waals surface area contributed by atoms with Crippen LogP contribution >= 0.6 is 0 Å². The van der Waals surface area contributed by atoms with E-state index in [9.17, 15) is 8.42 Å². The van der Waals surface area contributed by atoms with Crippen LogP contribution in [0.2, 0.25) is 0 Å². The van der Waals surface area contributed by atoms with Crippen LogP contribution in [-0.2, 0) is 14.2 Å². The van der Waals surface area contributed by atoms with Gasteiger partial charge in [0, 0.05) is 0 Å². The highest BCUT2D eigenvalue weighted by Gasteiger charge is 2.28. The predicted octanol–water partition coefficient (Wildman–Crippen LogP) is 0.430. The Morgan fingerprint density at radius 3 is 2.50 bits per heavy atom. The van der Waals surface area contributed by atoms with Crippen molar-refractivity contribution in [2.45, 2.75) is 18.1 Å². The predicted molar refractivity (Wildman–Crippen MR) is 70.1 cm³/mol. The Labute approximate surface area is 108 Å². The van der Waals surface area contributed by atoms with Gasteiger partial charge in [-0.25, -0.2) is 8.42 Å². The molecule has 1 saturated heterocycles. The number of rotatable bonds is 5. The van der Waals surface area contributed by atoms with E-state index in [2.05, 4.69) is 5.32 Å². The van der Waals surface area contributed by atoms with Crippen molar-refractivity contribution in [2.75, 3.05) is 13.1 Å². The number of piperidine rings is 1. The summed E-state index contributed by atoms with van der Waals surface area (Å²) in [4.78, 5) is 0. The van der Waals surface area contributed by atoms with Crippen LogP contribution in [0.25, 0.3) is 0 Å². The topological polar surface area (TPSA) is 64.6 Å². The highest BCUT2D eigenvalue weighted by Crippen LogP contribution is 2.15. The van der Waals surface area contributed by atoms with Crippen LogP contribution in [0.3, 0.4) is 0 Å². The zero-order valence-corrected chi connectivity index (χ0v) is 10.9. The van der Waals surface area contributed by atoms with Gasteiger partial charge in [0.05, 0.1) is 5.25 Å². The number of nitrogens with one attached hydrogen (secondary N) is 1. The Balaban J connectivity index is 1.82. The molecule has 2 rings (SSSR count). The number of hydrogen-bond acceptors (Lipinski definition) is 5. The summed E-state index contributed by atoms with van der Waals surface area (Å²) in [6, 6.07) is 8.99. The van der Waals surface area contributed by atoms with Crippen LogP contribution in [-0.4, -0.2) is 34.4 Å². The Kier molecular flexibility index (Phi) is 4.63. The fourth-order valence-electron chi connectivity index (χ4n) is 1.86. The molecule has 0 radical (unpaired) electrons. The van der Waals surface area contributed by atoms with Crippen molar-refractivity contribution in [2.24, 2.45) is 0 Å². The van der Waals surface area contributed by atoms with Gasteiger partial charge in [-0.2, -0.15) is 0 Å². The second kappa shape index (κ2) is 6.22. The lowest BCUT2D eigenvalue weighted by atomic mass is 10.2. The lowest BCUT2D eigenvalue weighted by Crippen LogP contribution is -2.37. The van der Waals surface area contributed by atoms with Gasteiger partial charge in [-0.3, -0.25) is 4.10 Å². The molecule has 1 aliphatic rings. The minimum atomic E-state index is -3.52. The summed E-state index contributed by atoms with van der Waals surface area (Å²) in [5.41, 5.74) is 0. The molecule has 5 nitrogen and oxygen atoms in total. The average Bonchev–Trinajstić information content (AvgIpc) is 2.41. The molecule has 1 N–H and O–H groups in total. The van der Waals surface area contributed by atoms with Crippen LogP contribution in [0.1, 0.15) is 12.8 Å². The Morgan fingerprint density at radius 1 is 1.17 bits per heavy atom. The maximum atomic E-state index is 11.8. The smallest absolute Gasteiger partial charge is 0.522 e. The van der Waals surface area contributed by atoms with Crippen LogP contribution in [0.15, 0.2) is 30.3 Å². The van der Waals surface area contributed by atoms with Crippen molar-refractivity contribution in [1.82, 2.24) is 5.32 Å². The van der Waals surface area contributed by atoms with E-state index in [4.69, 9.17) is 8.75 Å². The van der Waals surface area contributed by atoms with E-state index in [1.165, 1.54) is 0 Å². The van der Waals surface area contributed by atoms with Crippen LogP contribution in [0.5, 0.6) is 5.75 Å². The summed E-state index contributed by atoms with van der Waals surface area (Å²) < 4.78 is 33.8. The summed E-state index contributed by atoms with van der Waals surface area (Å²) >= 11 is 0. The molecule has 1 aromatic rings. The largest absolute Gasteiger partial charge is 0.538 e. The van der Waals surface area contributed by atoms with E-state index in [1.807, 2.05) is 18.2 Å². The lowest BCUT2D eigenvalue weighted by molar-refractivity contribution is 0.411. The molecule has 7 heteroatoms. The van der Waals surface area contributed by atoms with Gasteiger partial charge in [0.1, 0.15) is 5.75 Å². The first-order valence-corrected chi connectivity index (χ1v) is 7.42. The Morgan fingerprint density at radius 2 is 1.83 bits per heavy atom. The van der Waals surface area contributed by atoms with Gasteiger partial charge in [-0.05, 0) is 38.1 Å². The van der Waals surface area contributed by atoms with Crippen LogP contribution in [0.4, 0.5) is 0 Å². The molecule has 98 valence electrons. The summed E-state index contributed by atoms with van der Waals surface area (Å²) in [6.45, 7) is 1.43. The molecule has 0 atom stereocenters. The maximum Gasteiger partial charge on any atom is 0.522 e. The van der Waals surface area contributed by atoms with E-state index >= 15 is 0 Å². The van der Waals surface area contributed by atoms with Crippen molar-refractivity contribution < 1.29 is 17.2 Å². The molecule has 18 heavy (non-hydrogen) atoms. The van der Waals surface area contributed by atoms with Gasteiger partial charge < -0.3 is 9.97 Å². The molecule has 0 amide bonds. The van der Waals surface area contributed by atoms with Crippen LogP contribution in [0, 0.1) is 0 Å². The van der Waals surface area contributed by atoms with E-state index < -0.39 is 15.4 Å². The fourth-order valence-corrected chi connectivity index (χ4v) is 3.04. The molecule has 0 bridgehead atoms. The van der Waals surface area contributed by atoms with E-state index in [0.717, 1.165) is 0 Å². The maximum absolute atomic E-state index is 11.8. The van der Waals surface area contributed by atoms with E-state index in [1.54, 1.807) is 12.1 Å². The highest BCUT2D eigenvalue weighted by atomic mass is 32.2. The molecule has 0 spiro atoms. The second-order valence-electron chi connectivity index (χ2n) is 4.14. The van der Waals surface area contributed by atoms with Crippen molar-refractivity contribution >= 4 is 17.8 Å². The van der Waals surface area contributed by atoms with Crippen molar-refractivity contribution in [3.05, 3.63) is 30.3 Å². The fraction of sp³-hybridized carbons (Fsp3) is 0.455. The molecular formula is C11H16BNO4S. The quantitative estimate of drug-likeness (QED) is 0.785. The van der Waals surface area contributed by atoms with E-state index in [0.29, 0.717) is 31.7 Å². The van der Waals surface area contributed by atoms with Gasteiger partial charge in [0.25, 0.3) is 10.1 Å². The van der Waals surface area contributed by atoms with Crippen molar-refractivity contribution in [3.8, 4) is 5.75 Å². The van der Waals surface area contributed by atoms with Crippen molar-refractivity contribution in [1.29, 1.82) is 0 Å². The number of hydrogen-bond donors (Lipinski definition) is 1. The van der Waals surface area contributed by atoms with Gasteiger partial charge >= 0.3 is 7.69 Å². The summed E-state index contributed by atoms with van der Waals surface area (Å²) in [5, 5.41) is 2.70. The first-order valence-electron chi connectivity index (χ1n) is 5.95. The lowest BCUT2D eigenvalue weighted by Gasteiger charge is -2.21. The summed E-state index contributed by atoms with van der Waals surface area (Å²) in [6.07, 6.45) is 1.18. The highest BCUT2D eigenvalue weighted by molar-refractivity contribution is 7.88. The Bertz CT molecular complexity index is 459. The number of para-hydroxylation sites is 1. The molecule has 1 aliphatic heterocycles. The minimum absolute atomic E-state index is 0.268. The zero-order valence-electron chi connectivity index (χ0n) is 10.0. The van der Waals surface area contributed by atoms with Gasteiger partial charge in [0.2, 0.25) is 0 Å². The van der Waals surface area contributed by atoms with Crippen LogP contribution < -0.4 is 9.97 Å². The van der Waals surface area contributed by atoms with Gasteiger partial charge in [-0.15, -0.1) is 0 Å². The van der Waals surface area contributed by atoms with Crippen molar-refractivity contribution in [3.63, 3.8) is 0 Å². The second-order valence-corrected chi connectivity index (χ2v) is 6.02. The molecule has 0 saturated carbocycles. The third kappa shape index (κ3) is 3.73. The third-order valence-electron chi connectivity index (χ3n) is 2.88. The molecule has 1 aromatic carbocycles. The SMILES string of the molecule is O=S(=O)(OBOc1ccccc1)C1CCNCC1. The standard InChI is InChI=1S/C11H16BNO4S/c14-18(15,11-6-8-13-9-7-11)17-12-16-10-4-2-1-3-5-10/h1-5,11-13H,6-9H2. The zero-order chi connectivity index (χ0) is 12.8. The molecule has 1 fully saturated rings. The first-order chi connectivity index (χ1) is 8.68. The van der Waals surface area contributed by atoms with E-state index in [-0.39, 0.29) is 7.69 Å². The van der Waals surface area contributed by atoms with Gasteiger partial charge in [0.15, 0.2) is 0 Å². The van der Waals surface area contributed by atoms with Gasteiger partial charge in [-0.1, -0.05) is 18.2 Å². The monoisotopic (exact) mass is 269 g/mol. The Hall–Kier alpha value is -1.05. The molecule has 0 aromatic heterocycles.